The summed E-state index contributed by atoms with van der Waals surface area (Å²) in [7, 11) is -3.96. The van der Waals surface area contributed by atoms with E-state index in [0.29, 0.717) is 12.8 Å². The van der Waals surface area contributed by atoms with E-state index in [1.807, 2.05) is 0 Å². The molecule has 0 aromatic heterocycles. The van der Waals surface area contributed by atoms with E-state index in [1.54, 1.807) is 39.0 Å². The zero-order valence-electron chi connectivity index (χ0n) is 19.0. The topological polar surface area (TPSA) is 126 Å². The molecule has 180 valence electrons. The van der Waals surface area contributed by atoms with Gasteiger partial charge in [-0.3, -0.25) is 9.69 Å². The van der Waals surface area contributed by atoms with Crippen LogP contribution in [-0.2, 0) is 19.4 Å². The number of rotatable bonds is 7. The average molecular weight is 478 g/mol. The van der Waals surface area contributed by atoms with Crippen LogP contribution in [0.5, 0.6) is 5.75 Å². The van der Waals surface area contributed by atoms with Gasteiger partial charge in [0, 0.05) is 7.97 Å². The molecule has 1 aromatic rings. The largest absolute Gasteiger partial charge is 0.488 e. The molecule has 1 aromatic carbocycles. The minimum atomic E-state index is -3.96. The van der Waals surface area contributed by atoms with Crippen molar-refractivity contribution in [3.05, 3.63) is 36.9 Å². The van der Waals surface area contributed by atoms with Crippen molar-refractivity contribution in [3.8, 4) is 11.8 Å². The van der Waals surface area contributed by atoms with E-state index in [1.165, 1.54) is 12.1 Å². The molecule has 2 atom stereocenters. The number of hydrogen-bond acceptors (Lipinski definition) is 7. The van der Waals surface area contributed by atoms with Gasteiger partial charge in [0.05, 0.1) is 11.3 Å². The number of amides is 2. The number of likely N-dealkylation sites (tertiary alicyclic amines) is 1. The number of benzene rings is 1. The lowest BCUT2D eigenvalue weighted by atomic mass is 10.2. The molecule has 1 saturated carbocycles. The van der Waals surface area contributed by atoms with Gasteiger partial charge in [-0.05, 0) is 52.2 Å². The number of carbonyl (C=O) groups is 2. The van der Waals surface area contributed by atoms with Crippen molar-refractivity contribution < 1.29 is 28.9 Å². The minimum absolute atomic E-state index is 0. The second-order valence-electron chi connectivity index (χ2n) is 9.28. The molecule has 0 radical (unpaired) electrons. The summed E-state index contributed by atoms with van der Waals surface area (Å²) in [5.41, 5.74) is -1.77. The van der Waals surface area contributed by atoms with Gasteiger partial charge in [0.1, 0.15) is 34.4 Å². The fraction of sp³-hybridized carbons (Fsp3) is 0.522. The smallest absolute Gasteiger partial charge is 0.411 e. The molecule has 1 N–H and O–H groups in total. The summed E-state index contributed by atoms with van der Waals surface area (Å²) in [4.78, 5) is 27.0. The van der Waals surface area contributed by atoms with E-state index in [4.69, 9.17) is 9.47 Å². The van der Waals surface area contributed by atoms with E-state index in [0.717, 1.165) is 4.90 Å². The van der Waals surface area contributed by atoms with E-state index >= 15 is 0 Å². The van der Waals surface area contributed by atoms with Gasteiger partial charge < -0.3 is 14.8 Å². The first-order valence-corrected chi connectivity index (χ1v) is 12.3. The Morgan fingerprint density at radius 2 is 2.03 bits per heavy atom. The fourth-order valence-electron chi connectivity index (χ4n) is 3.63. The van der Waals surface area contributed by atoms with Gasteiger partial charge in [0.15, 0.2) is 9.84 Å². The molecule has 2 aliphatic rings. The van der Waals surface area contributed by atoms with Crippen LogP contribution in [0.15, 0.2) is 41.8 Å². The highest BCUT2D eigenvalue weighted by atomic mass is 32.2. The first-order chi connectivity index (χ1) is 15.4. The molecule has 1 heterocycles. The first-order valence-electron chi connectivity index (χ1n) is 10.7. The zero-order valence-corrected chi connectivity index (χ0v) is 19.9. The number of hydrogen-bond donors (Lipinski definition) is 1. The Labute approximate surface area is 195 Å². The van der Waals surface area contributed by atoms with Gasteiger partial charge in [-0.25, -0.2) is 13.2 Å². The summed E-state index contributed by atoms with van der Waals surface area (Å²) in [6, 6.07) is 7.23. The van der Waals surface area contributed by atoms with Crippen LogP contribution in [-0.4, -0.2) is 60.9 Å². The Balaban J connectivity index is 0.00000408. The van der Waals surface area contributed by atoms with E-state index < -0.39 is 44.3 Å². The highest BCUT2D eigenvalue weighted by molar-refractivity contribution is 7.92. The Kier molecular flexibility index (Phi) is 6.75. The molecular weight excluding hydrogens is 446 g/mol. The van der Waals surface area contributed by atoms with Crippen LogP contribution in [0, 0.1) is 11.3 Å². The Bertz CT molecular complexity index is 1090. The number of carbonyl (C=O) groups excluding carboxylic acids is 2. The van der Waals surface area contributed by atoms with Crippen LogP contribution in [0.2, 0.25) is 0 Å². The van der Waals surface area contributed by atoms with Crippen molar-refractivity contribution >= 4 is 21.8 Å². The van der Waals surface area contributed by atoms with Crippen LogP contribution >= 0.6 is 0 Å². The van der Waals surface area contributed by atoms with Gasteiger partial charge in [0.25, 0.3) is 0 Å². The fourth-order valence-corrected chi connectivity index (χ4v) is 5.46. The summed E-state index contributed by atoms with van der Waals surface area (Å²) >= 11 is 0. The molecule has 0 unspecified atom stereocenters. The van der Waals surface area contributed by atoms with Gasteiger partial charge in [-0.1, -0.05) is 24.8 Å². The standard InChI is InChI=1S/C23H29N3O6S.H2/c1-5-12-31-18-8-6-7-9-19(18)33(29,30)16-13-17(20(27)25-23(15-24)10-11-23)26(14-16)21(28)32-22(2,3)4;/h5-9,16-17H,1,10-14H2,2-4H3,(H,25,27);1H/t16-,17+;/m1./s1. The number of ether oxygens (including phenoxy) is 2. The summed E-state index contributed by atoms with van der Waals surface area (Å²) in [6.45, 7) is 8.54. The van der Waals surface area contributed by atoms with Crippen LogP contribution in [0.1, 0.15) is 41.5 Å². The molecular formula is C23H31N3O6S. The van der Waals surface area contributed by atoms with Crippen molar-refractivity contribution in [1.29, 1.82) is 5.26 Å². The van der Waals surface area contributed by atoms with E-state index in [9.17, 15) is 23.3 Å². The molecule has 2 fully saturated rings. The minimum Gasteiger partial charge on any atom is -0.488 e. The van der Waals surface area contributed by atoms with Crippen LogP contribution in [0.25, 0.3) is 0 Å². The van der Waals surface area contributed by atoms with Crippen LogP contribution < -0.4 is 10.1 Å². The Morgan fingerprint density at radius 1 is 1.36 bits per heavy atom. The molecule has 3 rings (SSSR count). The monoisotopic (exact) mass is 477 g/mol. The lowest BCUT2D eigenvalue weighted by Crippen LogP contribution is -2.50. The summed E-state index contributed by atoms with van der Waals surface area (Å²) in [5, 5.41) is 10.9. The van der Waals surface area contributed by atoms with E-state index in [2.05, 4.69) is 18.0 Å². The lowest BCUT2D eigenvalue weighted by molar-refractivity contribution is -0.126. The molecule has 1 saturated heterocycles. The maximum Gasteiger partial charge on any atom is 0.411 e. The van der Waals surface area contributed by atoms with Crippen LogP contribution in [0.3, 0.4) is 0 Å². The lowest BCUT2D eigenvalue weighted by Gasteiger charge is -2.28. The number of para-hydroxylation sites is 1. The normalized spacial score (nSPS) is 21.6. The van der Waals surface area contributed by atoms with Crippen molar-refractivity contribution in [2.45, 2.75) is 67.4 Å². The van der Waals surface area contributed by atoms with Crippen molar-refractivity contribution in [2.75, 3.05) is 13.2 Å². The van der Waals surface area contributed by atoms with Crippen molar-refractivity contribution in [3.63, 3.8) is 0 Å². The molecule has 1 aliphatic heterocycles. The molecule has 10 heteroatoms. The molecule has 33 heavy (non-hydrogen) atoms. The maximum atomic E-state index is 13.5. The summed E-state index contributed by atoms with van der Waals surface area (Å²) in [6.07, 6.45) is 1.64. The second kappa shape index (κ2) is 9.06. The SMILES string of the molecule is C=CCOc1ccccc1S(=O)(=O)[C@@H]1C[C@@H](C(=O)NC2(C#N)CC2)N(C(=O)OC(C)(C)C)C1.[HH]. The summed E-state index contributed by atoms with van der Waals surface area (Å²) < 4.78 is 38.0. The third kappa shape index (κ3) is 5.47. The quantitative estimate of drug-likeness (QED) is 0.599. The predicted octanol–water partition coefficient (Wildman–Crippen LogP) is 2.82. The van der Waals surface area contributed by atoms with Gasteiger partial charge in [-0.2, -0.15) is 5.26 Å². The van der Waals surface area contributed by atoms with Gasteiger partial charge >= 0.3 is 6.09 Å². The third-order valence-electron chi connectivity index (χ3n) is 5.47. The van der Waals surface area contributed by atoms with Gasteiger partial charge in [-0.15, -0.1) is 0 Å². The molecule has 2 amide bonds. The Morgan fingerprint density at radius 3 is 2.61 bits per heavy atom. The maximum absolute atomic E-state index is 13.5. The highest BCUT2D eigenvalue weighted by Crippen LogP contribution is 2.37. The predicted molar refractivity (Wildman–Crippen MR) is 122 cm³/mol. The molecule has 0 spiro atoms. The zero-order chi connectivity index (χ0) is 24.4. The number of nitrogens with zero attached hydrogens (tertiary/aromatic N) is 2. The number of nitrogens with one attached hydrogen (secondary N) is 1. The highest BCUT2D eigenvalue weighted by Gasteiger charge is 2.51. The van der Waals surface area contributed by atoms with Crippen molar-refractivity contribution in [1.82, 2.24) is 10.2 Å². The van der Waals surface area contributed by atoms with Crippen molar-refractivity contribution in [2.24, 2.45) is 0 Å². The average Bonchev–Trinajstić information content (AvgIpc) is 3.35. The molecule has 1 aliphatic carbocycles. The first kappa shape index (κ1) is 24.6. The number of nitriles is 1. The van der Waals surface area contributed by atoms with Crippen LogP contribution in [0.4, 0.5) is 4.79 Å². The van der Waals surface area contributed by atoms with E-state index in [-0.39, 0.29) is 31.6 Å². The third-order valence-corrected chi connectivity index (χ3v) is 7.64. The molecule has 9 nitrogen and oxygen atoms in total. The Hall–Kier alpha value is -3.06. The molecule has 0 bridgehead atoms. The second-order valence-corrected chi connectivity index (χ2v) is 11.5. The summed E-state index contributed by atoms with van der Waals surface area (Å²) in [5.74, 6) is -0.385. The van der Waals surface area contributed by atoms with Gasteiger partial charge in [0.2, 0.25) is 5.91 Å². The number of sulfone groups is 1.